The van der Waals surface area contributed by atoms with Crippen molar-refractivity contribution in [2.75, 3.05) is 26.2 Å². The molecule has 5 rings (SSSR count). The first-order chi connectivity index (χ1) is 15.5. The molecule has 1 aromatic heterocycles. The Bertz CT molecular complexity index is 1130. The number of rotatable bonds is 5. The summed E-state index contributed by atoms with van der Waals surface area (Å²) in [6.45, 7) is 2.64. The Morgan fingerprint density at radius 2 is 1.88 bits per heavy atom. The SMILES string of the molecule is O=C1NC(O)CN1CC(c1cn(-c2ccc(F)cc2)c2ccc(Cl)cc12)N1CCCCC1. The molecule has 6 nitrogen and oxygen atoms in total. The van der Waals surface area contributed by atoms with Crippen LogP contribution in [-0.4, -0.2) is 57.9 Å². The zero-order valence-electron chi connectivity index (χ0n) is 17.7. The topological polar surface area (TPSA) is 60.7 Å². The molecule has 168 valence electrons. The van der Waals surface area contributed by atoms with Crippen LogP contribution < -0.4 is 5.32 Å². The molecule has 2 N–H and O–H groups in total. The van der Waals surface area contributed by atoms with Gasteiger partial charge in [0.1, 0.15) is 12.0 Å². The fourth-order valence-corrected chi connectivity index (χ4v) is 5.06. The molecular weight excluding hydrogens is 431 g/mol. The van der Waals surface area contributed by atoms with Crippen molar-refractivity contribution in [1.82, 2.24) is 19.7 Å². The van der Waals surface area contributed by atoms with Crippen molar-refractivity contribution >= 4 is 28.5 Å². The zero-order chi connectivity index (χ0) is 22.2. The number of carbonyl (C=O) groups is 1. The molecule has 2 amide bonds. The molecule has 2 fully saturated rings. The van der Waals surface area contributed by atoms with E-state index in [0.717, 1.165) is 48.1 Å². The lowest BCUT2D eigenvalue weighted by atomic mass is 10.0. The van der Waals surface area contributed by atoms with Crippen LogP contribution in [0.1, 0.15) is 30.9 Å². The van der Waals surface area contributed by atoms with Crippen LogP contribution in [0.3, 0.4) is 0 Å². The predicted octanol–water partition coefficient (Wildman–Crippen LogP) is 4.29. The molecule has 0 aliphatic carbocycles. The molecule has 3 aromatic rings. The summed E-state index contributed by atoms with van der Waals surface area (Å²) >= 11 is 6.39. The molecule has 2 atom stereocenters. The lowest BCUT2D eigenvalue weighted by Gasteiger charge is -2.36. The van der Waals surface area contributed by atoms with Crippen LogP contribution in [0.25, 0.3) is 16.6 Å². The molecule has 0 bridgehead atoms. The van der Waals surface area contributed by atoms with Gasteiger partial charge in [0.2, 0.25) is 0 Å². The number of nitrogens with zero attached hydrogens (tertiary/aromatic N) is 3. The molecule has 0 spiro atoms. The quantitative estimate of drug-likeness (QED) is 0.602. The lowest BCUT2D eigenvalue weighted by Crippen LogP contribution is -2.41. The summed E-state index contributed by atoms with van der Waals surface area (Å²) in [4.78, 5) is 16.5. The van der Waals surface area contributed by atoms with Gasteiger partial charge in [-0.15, -0.1) is 0 Å². The number of piperidine rings is 1. The van der Waals surface area contributed by atoms with Crippen LogP contribution in [0.5, 0.6) is 0 Å². The van der Waals surface area contributed by atoms with Gasteiger partial charge in [0.25, 0.3) is 0 Å². The van der Waals surface area contributed by atoms with E-state index >= 15 is 0 Å². The first kappa shape index (κ1) is 21.2. The van der Waals surface area contributed by atoms with Crippen molar-refractivity contribution in [2.45, 2.75) is 31.5 Å². The average Bonchev–Trinajstić information content (AvgIpc) is 3.31. The van der Waals surface area contributed by atoms with Crippen molar-refractivity contribution in [3.63, 3.8) is 0 Å². The van der Waals surface area contributed by atoms with Crippen molar-refractivity contribution in [3.8, 4) is 5.69 Å². The lowest BCUT2D eigenvalue weighted by molar-refractivity contribution is 0.120. The maximum absolute atomic E-state index is 13.5. The van der Waals surface area contributed by atoms with E-state index in [-0.39, 0.29) is 24.4 Å². The third kappa shape index (κ3) is 4.08. The molecule has 2 aliphatic rings. The molecule has 0 radical (unpaired) electrons. The molecule has 2 aromatic carbocycles. The number of fused-ring (bicyclic) bond motifs is 1. The normalized spacial score (nSPS) is 20.7. The molecular formula is C24H26ClFN4O2. The maximum Gasteiger partial charge on any atom is 0.319 e. The van der Waals surface area contributed by atoms with E-state index in [1.165, 1.54) is 18.6 Å². The average molecular weight is 457 g/mol. The second kappa shape index (κ2) is 8.73. The zero-order valence-corrected chi connectivity index (χ0v) is 18.4. The summed E-state index contributed by atoms with van der Waals surface area (Å²) in [6, 6.07) is 11.9. The fourth-order valence-electron chi connectivity index (χ4n) is 4.89. The minimum absolute atomic E-state index is 0.0472. The molecule has 8 heteroatoms. The minimum Gasteiger partial charge on any atom is -0.372 e. The minimum atomic E-state index is -0.848. The summed E-state index contributed by atoms with van der Waals surface area (Å²) in [5, 5.41) is 14.1. The Balaban J connectivity index is 1.61. The van der Waals surface area contributed by atoms with Crippen molar-refractivity contribution < 1.29 is 14.3 Å². The molecule has 2 saturated heterocycles. The number of urea groups is 1. The maximum atomic E-state index is 13.5. The second-order valence-corrected chi connectivity index (χ2v) is 9.01. The van der Waals surface area contributed by atoms with E-state index in [1.807, 2.05) is 18.2 Å². The van der Waals surface area contributed by atoms with E-state index < -0.39 is 6.23 Å². The summed E-state index contributed by atoms with van der Waals surface area (Å²) in [7, 11) is 0. The van der Waals surface area contributed by atoms with Gasteiger partial charge in [-0.3, -0.25) is 4.90 Å². The summed E-state index contributed by atoms with van der Waals surface area (Å²) in [5.74, 6) is -0.279. The standard InChI is InChI=1S/C24H26ClFN4O2/c25-16-4-9-21-19(12-16)20(13-30(21)18-7-5-17(26)6-8-18)22(28-10-2-1-3-11-28)14-29-15-23(31)27-24(29)32/h4-9,12-13,22-23,31H,1-3,10-11,14-15H2,(H,27,32). The van der Waals surface area contributed by atoms with Gasteiger partial charge in [-0.2, -0.15) is 0 Å². The largest absolute Gasteiger partial charge is 0.372 e. The third-order valence-electron chi connectivity index (χ3n) is 6.46. The number of halogens is 2. The number of aromatic nitrogens is 1. The van der Waals surface area contributed by atoms with Crippen LogP contribution in [0.4, 0.5) is 9.18 Å². The number of likely N-dealkylation sites (tertiary alicyclic amines) is 1. The van der Waals surface area contributed by atoms with Crippen LogP contribution in [-0.2, 0) is 0 Å². The Labute approximate surface area is 191 Å². The van der Waals surface area contributed by atoms with Crippen molar-refractivity contribution in [2.24, 2.45) is 0 Å². The fraction of sp³-hybridized carbons (Fsp3) is 0.375. The molecule has 2 aliphatic heterocycles. The first-order valence-electron chi connectivity index (χ1n) is 11.0. The highest BCUT2D eigenvalue weighted by atomic mass is 35.5. The van der Waals surface area contributed by atoms with E-state index in [9.17, 15) is 14.3 Å². The highest BCUT2D eigenvalue weighted by Gasteiger charge is 2.33. The van der Waals surface area contributed by atoms with E-state index in [4.69, 9.17) is 11.6 Å². The first-order valence-corrected chi connectivity index (χ1v) is 11.4. The number of β-amino-alcohol motifs (C(OH)–C–C–N with tert-alkyl or cyclic N) is 1. The smallest absolute Gasteiger partial charge is 0.319 e. The van der Waals surface area contributed by atoms with Crippen LogP contribution in [0.2, 0.25) is 5.02 Å². The highest BCUT2D eigenvalue weighted by molar-refractivity contribution is 6.31. The summed E-state index contributed by atoms with van der Waals surface area (Å²) in [5.41, 5.74) is 2.91. The number of carbonyl (C=O) groups excluding carboxylic acids is 1. The van der Waals surface area contributed by atoms with E-state index in [0.29, 0.717) is 11.6 Å². The Kier molecular flexibility index (Phi) is 5.80. The third-order valence-corrected chi connectivity index (χ3v) is 6.69. The van der Waals surface area contributed by atoms with E-state index in [2.05, 4.69) is 21.0 Å². The van der Waals surface area contributed by atoms with Gasteiger partial charge in [-0.25, -0.2) is 9.18 Å². The molecule has 32 heavy (non-hydrogen) atoms. The van der Waals surface area contributed by atoms with Crippen molar-refractivity contribution in [1.29, 1.82) is 0 Å². The molecule has 0 saturated carbocycles. The number of aliphatic hydroxyl groups is 1. The monoisotopic (exact) mass is 456 g/mol. The van der Waals surface area contributed by atoms with Gasteiger partial charge in [0, 0.05) is 28.8 Å². The summed E-state index contributed by atoms with van der Waals surface area (Å²) in [6.07, 6.45) is 4.66. The number of benzene rings is 2. The number of hydrogen-bond acceptors (Lipinski definition) is 3. The Morgan fingerprint density at radius 1 is 1.12 bits per heavy atom. The molecule has 2 unspecified atom stereocenters. The summed E-state index contributed by atoms with van der Waals surface area (Å²) < 4.78 is 15.6. The predicted molar refractivity (Wildman–Crippen MR) is 123 cm³/mol. The van der Waals surface area contributed by atoms with Gasteiger partial charge in [-0.1, -0.05) is 18.0 Å². The number of aliphatic hydroxyl groups excluding tert-OH is 1. The van der Waals surface area contributed by atoms with Gasteiger partial charge < -0.3 is 19.9 Å². The van der Waals surface area contributed by atoms with Crippen molar-refractivity contribution in [3.05, 3.63) is 65.1 Å². The number of amides is 2. The Hall–Kier alpha value is -2.61. The van der Waals surface area contributed by atoms with Crippen LogP contribution in [0.15, 0.2) is 48.7 Å². The van der Waals surface area contributed by atoms with Crippen LogP contribution >= 0.6 is 11.6 Å². The van der Waals surface area contributed by atoms with Gasteiger partial charge in [0.15, 0.2) is 0 Å². The second-order valence-electron chi connectivity index (χ2n) is 8.58. The van der Waals surface area contributed by atoms with Crippen LogP contribution in [0, 0.1) is 5.82 Å². The van der Waals surface area contributed by atoms with Gasteiger partial charge in [-0.05, 0) is 74.0 Å². The molecule has 3 heterocycles. The number of nitrogens with one attached hydrogen (secondary N) is 1. The number of hydrogen-bond donors (Lipinski definition) is 2. The highest BCUT2D eigenvalue weighted by Crippen LogP contribution is 2.36. The Morgan fingerprint density at radius 3 is 2.56 bits per heavy atom. The van der Waals surface area contributed by atoms with Gasteiger partial charge >= 0.3 is 6.03 Å². The van der Waals surface area contributed by atoms with E-state index in [1.54, 1.807) is 17.0 Å². The van der Waals surface area contributed by atoms with Gasteiger partial charge in [0.05, 0.1) is 18.1 Å².